The number of carbonyl (C=O) groups is 3. The van der Waals surface area contributed by atoms with Gasteiger partial charge in [-0.1, -0.05) is 48.5 Å². The quantitative estimate of drug-likeness (QED) is 0.793. The normalized spacial score (nSPS) is 18.4. The van der Waals surface area contributed by atoms with Gasteiger partial charge in [0.25, 0.3) is 0 Å². The van der Waals surface area contributed by atoms with Crippen molar-refractivity contribution in [1.82, 2.24) is 10.2 Å². The number of amides is 2. The molecule has 1 fully saturated rings. The summed E-state index contributed by atoms with van der Waals surface area (Å²) in [7, 11) is 0. The first kappa shape index (κ1) is 19.9. The molecule has 0 bridgehead atoms. The summed E-state index contributed by atoms with van der Waals surface area (Å²) in [6.45, 7) is 2.08. The molecule has 30 heavy (non-hydrogen) atoms. The van der Waals surface area contributed by atoms with Crippen LogP contribution in [0, 0.1) is 0 Å². The number of carboxylic acids is 1. The smallest absolute Gasteiger partial charge is 0.407 e. The van der Waals surface area contributed by atoms with Gasteiger partial charge in [-0.3, -0.25) is 4.79 Å². The number of hydrogen-bond donors (Lipinski definition) is 2. The number of carbonyl (C=O) groups excluding carboxylic acids is 2. The van der Waals surface area contributed by atoms with Gasteiger partial charge in [-0.25, -0.2) is 9.59 Å². The van der Waals surface area contributed by atoms with Gasteiger partial charge in [0, 0.05) is 12.5 Å². The van der Waals surface area contributed by atoms with Gasteiger partial charge in [0.2, 0.25) is 5.91 Å². The summed E-state index contributed by atoms with van der Waals surface area (Å²) in [6.07, 6.45) is 0.378. The van der Waals surface area contributed by atoms with Crippen LogP contribution in [0.5, 0.6) is 0 Å². The minimum atomic E-state index is -1.02. The predicted octanol–water partition coefficient (Wildman–Crippen LogP) is 2.99. The Kier molecular flexibility index (Phi) is 5.44. The fraction of sp³-hybridized carbons (Fsp3) is 0.348. The molecule has 4 rings (SSSR count). The van der Waals surface area contributed by atoms with Crippen molar-refractivity contribution in [1.29, 1.82) is 0 Å². The number of rotatable bonds is 5. The van der Waals surface area contributed by atoms with Gasteiger partial charge in [-0.15, -0.1) is 0 Å². The Morgan fingerprint density at radius 1 is 1.10 bits per heavy atom. The largest absolute Gasteiger partial charge is 0.480 e. The molecule has 2 aliphatic rings. The molecule has 1 unspecified atom stereocenters. The zero-order valence-corrected chi connectivity index (χ0v) is 16.7. The average Bonchev–Trinajstić information content (AvgIpc) is 3.35. The van der Waals surface area contributed by atoms with Crippen molar-refractivity contribution in [2.24, 2.45) is 0 Å². The molecule has 0 spiro atoms. The zero-order chi connectivity index (χ0) is 21.3. The van der Waals surface area contributed by atoms with E-state index in [1.165, 1.54) is 4.90 Å². The highest BCUT2D eigenvalue weighted by Crippen LogP contribution is 2.44. The second kappa shape index (κ2) is 8.18. The van der Waals surface area contributed by atoms with E-state index in [1.807, 2.05) is 36.4 Å². The number of benzene rings is 2. The number of fused-ring (bicyclic) bond motifs is 3. The molecular formula is C23H24N2O5. The van der Waals surface area contributed by atoms with Crippen molar-refractivity contribution >= 4 is 18.0 Å². The highest BCUT2D eigenvalue weighted by molar-refractivity contribution is 5.89. The number of alkyl carbamates (subject to hydrolysis) is 1. The third-order valence-electron chi connectivity index (χ3n) is 5.87. The molecule has 2 aromatic rings. The number of nitrogens with one attached hydrogen (secondary N) is 1. The van der Waals surface area contributed by atoms with E-state index < -0.39 is 30.1 Å². The molecule has 7 nitrogen and oxygen atoms in total. The molecule has 1 aliphatic heterocycles. The predicted molar refractivity (Wildman–Crippen MR) is 110 cm³/mol. The van der Waals surface area contributed by atoms with Crippen molar-refractivity contribution in [3.8, 4) is 11.1 Å². The fourth-order valence-corrected chi connectivity index (χ4v) is 4.41. The number of nitrogens with zero attached hydrogens (tertiary/aromatic N) is 1. The Labute approximate surface area is 174 Å². The summed E-state index contributed by atoms with van der Waals surface area (Å²) >= 11 is 0. The summed E-state index contributed by atoms with van der Waals surface area (Å²) < 4.78 is 5.46. The van der Waals surface area contributed by atoms with E-state index in [-0.39, 0.29) is 12.5 Å². The maximum Gasteiger partial charge on any atom is 0.407 e. The van der Waals surface area contributed by atoms with Crippen molar-refractivity contribution < 1.29 is 24.2 Å². The zero-order valence-electron chi connectivity index (χ0n) is 16.7. The lowest BCUT2D eigenvalue weighted by Crippen LogP contribution is -2.50. The van der Waals surface area contributed by atoms with Crippen LogP contribution in [-0.2, 0) is 14.3 Å². The number of likely N-dealkylation sites (tertiary alicyclic amines) is 1. The van der Waals surface area contributed by atoms with Crippen molar-refractivity contribution in [2.75, 3.05) is 13.2 Å². The minimum Gasteiger partial charge on any atom is -0.480 e. The highest BCUT2D eigenvalue weighted by atomic mass is 16.5. The number of hydrogen-bond acceptors (Lipinski definition) is 4. The van der Waals surface area contributed by atoms with Gasteiger partial charge >= 0.3 is 12.1 Å². The molecule has 1 aliphatic carbocycles. The molecule has 2 atom stereocenters. The molecule has 1 saturated heterocycles. The maximum absolute atomic E-state index is 12.6. The molecule has 1 heterocycles. The summed E-state index contributed by atoms with van der Waals surface area (Å²) in [4.78, 5) is 37.5. The minimum absolute atomic E-state index is 0.0656. The first-order valence-electron chi connectivity index (χ1n) is 10.1. The third-order valence-corrected chi connectivity index (χ3v) is 5.87. The summed E-state index contributed by atoms with van der Waals surface area (Å²) in [5.41, 5.74) is 4.49. The summed E-state index contributed by atoms with van der Waals surface area (Å²) in [5, 5.41) is 11.8. The van der Waals surface area contributed by atoms with E-state index in [0.29, 0.717) is 19.4 Å². The Hall–Kier alpha value is -3.35. The Morgan fingerprint density at radius 3 is 2.30 bits per heavy atom. The number of ether oxygens (including phenoxy) is 1. The topological polar surface area (TPSA) is 95.9 Å². The average molecular weight is 408 g/mol. The van der Waals surface area contributed by atoms with Gasteiger partial charge in [0.05, 0.1) is 0 Å². The van der Waals surface area contributed by atoms with Crippen LogP contribution in [0.15, 0.2) is 48.5 Å². The molecule has 156 valence electrons. The molecule has 2 aromatic carbocycles. The van der Waals surface area contributed by atoms with Gasteiger partial charge in [-0.2, -0.15) is 0 Å². The van der Waals surface area contributed by atoms with E-state index in [1.54, 1.807) is 6.92 Å². The molecule has 0 saturated carbocycles. The van der Waals surface area contributed by atoms with E-state index in [4.69, 9.17) is 4.74 Å². The van der Waals surface area contributed by atoms with E-state index in [9.17, 15) is 19.5 Å². The van der Waals surface area contributed by atoms with E-state index in [2.05, 4.69) is 17.4 Å². The Morgan fingerprint density at radius 2 is 1.70 bits per heavy atom. The van der Waals surface area contributed by atoms with E-state index in [0.717, 1.165) is 22.3 Å². The number of carboxylic acid groups (broad SMARTS) is 1. The van der Waals surface area contributed by atoms with Crippen LogP contribution < -0.4 is 5.32 Å². The summed E-state index contributed by atoms with van der Waals surface area (Å²) in [5.74, 6) is -1.49. The fourth-order valence-electron chi connectivity index (χ4n) is 4.41. The van der Waals surface area contributed by atoms with Crippen LogP contribution in [-0.4, -0.2) is 53.2 Å². The first-order chi connectivity index (χ1) is 14.5. The van der Waals surface area contributed by atoms with Gasteiger partial charge in [0.1, 0.15) is 18.7 Å². The molecule has 0 radical (unpaired) electrons. The first-order valence-corrected chi connectivity index (χ1v) is 10.1. The standard InChI is InChI=1S/C23H24N2O5/c1-14(21(26)25-12-6-11-20(25)22(27)28)24-23(29)30-13-19-17-9-4-2-7-15(17)16-8-3-5-10-18(16)19/h2-5,7-10,14,19-20H,6,11-13H2,1H3,(H,24,29)(H,27,28)/t14?,20-/m0/s1. The summed E-state index contributed by atoms with van der Waals surface area (Å²) in [6, 6.07) is 14.4. The van der Waals surface area contributed by atoms with Gasteiger partial charge in [-0.05, 0) is 42.0 Å². The van der Waals surface area contributed by atoms with Crippen LogP contribution in [0.3, 0.4) is 0 Å². The van der Waals surface area contributed by atoms with Crippen molar-refractivity contribution in [3.63, 3.8) is 0 Å². The third kappa shape index (κ3) is 3.63. The monoisotopic (exact) mass is 408 g/mol. The highest BCUT2D eigenvalue weighted by Gasteiger charge is 2.36. The lowest BCUT2D eigenvalue weighted by atomic mass is 9.98. The molecule has 2 N–H and O–H groups in total. The lowest BCUT2D eigenvalue weighted by Gasteiger charge is -2.25. The molecule has 2 amide bonds. The molecule has 7 heteroatoms. The number of aliphatic carboxylic acids is 1. The SMILES string of the molecule is CC(NC(=O)OCC1c2ccccc2-c2ccccc21)C(=O)N1CCC[C@H]1C(=O)O. The molecule has 0 aromatic heterocycles. The van der Waals surface area contributed by atoms with E-state index >= 15 is 0 Å². The van der Waals surface area contributed by atoms with Crippen LogP contribution >= 0.6 is 0 Å². The van der Waals surface area contributed by atoms with Crippen molar-refractivity contribution in [3.05, 3.63) is 59.7 Å². The molecular weight excluding hydrogens is 384 g/mol. The van der Waals surface area contributed by atoms with Crippen LogP contribution in [0.25, 0.3) is 11.1 Å². The van der Waals surface area contributed by atoms with Crippen molar-refractivity contribution in [2.45, 2.75) is 37.8 Å². The lowest BCUT2D eigenvalue weighted by molar-refractivity contribution is -0.148. The van der Waals surface area contributed by atoms with Gasteiger partial charge < -0.3 is 20.1 Å². The second-order valence-corrected chi connectivity index (χ2v) is 7.72. The Bertz CT molecular complexity index is 944. The van der Waals surface area contributed by atoms with Crippen LogP contribution in [0.1, 0.15) is 36.8 Å². The van der Waals surface area contributed by atoms with Crippen LogP contribution in [0.2, 0.25) is 0 Å². The Balaban J connectivity index is 1.38. The maximum atomic E-state index is 12.6. The van der Waals surface area contributed by atoms with Gasteiger partial charge in [0.15, 0.2) is 0 Å². The van der Waals surface area contributed by atoms with Crippen LogP contribution in [0.4, 0.5) is 4.79 Å². The second-order valence-electron chi connectivity index (χ2n) is 7.72.